The van der Waals surface area contributed by atoms with E-state index in [2.05, 4.69) is 11.4 Å². The molecule has 0 aliphatic carbocycles. The van der Waals surface area contributed by atoms with Crippen LogP contribution < -0.4 is 14.8 Å². The number of ether oxygens (including phenoxy) is 3. The van der Waals surface area contributed by atoms with Gasteiger partial charge < -0.3 is 19.5 Å². The Bertz CT molecular complexity index is 557. The van der Waals surface area contributed by atoms with Gasteiger partial charge in [0.2, 0.25) is 0 Å². The van der Waals surface area contributed by atoms with Crippen molar-refractivity contribution in [2.75, 3.05) is 27.4 Å². The molecule has 0 unspecified atom stereocenters. The molecule has 4 heteroatoms. The average Bonchev–Trinajstić information content (AvgIpc) is 2.53. The van der Waals surface area contributed by atoms with Gasteiger partial charge in [0.25, 0.3) is 0 Å². The van der Waals surface area contributed by atoms with Gasteiger partial charge in [-0.3, -0.25) is 0 Å². The maximum Gasteiger partial charge on any atom is 0.131 e. The van der Waals surface area contributed by atoms with Crippen molar-refractivity contribution in [2.24, 2.45) is 0 Å². The summed E-state index contributed by atoms with van der Waals surface area (Å²) in [5.74, 6) is 2.39. The zero-order valence-electron chi connectivity index (χ0n) is 12.5. The van der Waals surface area contributed by atoms with Crippen LogP contribution in [-0.4, -0.2) is 27.4 Å². The summed E-state index contributed by atoms with van der Waals surface area (Å²) < 4.78 is 16.2. The minimum absolute atomic E-state index is 0.693. The van der Waals surface area contributed by atoms with Gasteiger partial charge in [0.15, 0.2) is 0 Å². The van der Waals surface area contributed by atoms with E-state index in [9.17, 15) is 0 Å². The lowest BCUT2D eigenvalue weighted by molar-refractivity contribution is 0.199. The van der Waals surface area contributed by atoms with Gasteiger partial charge >= 0.3 is 0 Å². The van der Waals surface area contributed by atoms with Crippen LogP contribution in [0, 0.1) is 0 Å². The molecule has 0 spiro atoms. The molecule has 0 aromatic heterocycles. The quantitative estimate of drug-likeness (QED) is 0.757. The normalized spacial score (nSPS) is 10.4. The average molecular weight is 287 g/mol. The summed E-state index contributed by atoms with van der Waals surface area (Å²) in [6.07, 6.45) is 0. The third-order valence-corrected chi connectivity index (χ3v) is 3.04. The van der Waals surface area contributed by atoms with Gasteiger partial charge in [0.05, 0.1) is 13.7 Å². The smallest absolute Gasteiger partial charge is 0.131 e. The highest BCUT2D eigenvalue weighted by Gasteiger charge is 2.05. The Morgan fingerprint density at radius 3 is 2.57 bits per heavy atom. The SMILES string of the molecule is COCCNCc1ccccc1Oc1cccc(OC)c1. The number of para-hydroxylation sites is 1. The highest BCUT2D eigenvalue weighted by molar-refractivity contribution is 5.40. The van der Waals surface area contributed by atoms with Crippen LogP contribution in [0.15, 0.2) is 48.5 Å². The van der Waals surface area contributed by atoms with Gasteiger partial charge in [-0.05, 0) is 18.2 Å². The lowest BCUT2D eigenvalue weighted by Crippen LogP contribution is -2.18. The lowest BCUT2D eigenvalue weighted by Gasteiger charge is -2.12. The summed E-state index contributed by atoms with van der Waals surface area (Å²) in [7, 11) is 3.34. The fraction of sp³-hybridized carbons (Fsp3) is 0.294. The largest absolute Gasteiger partial charge is 0.497 e. The maximum absolute atomic E-state index is 5.96. The number of hydrogen-bond acceptors (Lipinski definition) is 4. The van der Waals surface area contributed by atoms with Crippen LogP contribution in [0.25, 0.3) is 0 Å². The number of nitrogens with one attached hydrogen (secondary N) is 1. The number of rotatable bonds is 8. The van der Waals surface area contributed by atoms with E-state index in [-0.39, 0.29) is 0 Å². The van der Waals surface area contributed by atoms with Crippen molar-refractivity contribution in [1.29, 1.82) is 0 Å². The van der Waals surface area contributed by atoms with Crippen LogP contribution in [0.5, 0.6) is 17.2 Å². The van der Waals surface area contributed by atoms with E-state index in [1.165, 1.54) is 0 Å². The third-order valence-electron chi connectivity index (χ3n) is 3.04. The first-order valence-electron chi connectivity index (χ1n) is 6.93. The van der Waals surface area contributed by atoms with Gasteiger partial charge in [0.1, 0.15) is 17.2 Å². The van der Waals surface area contributed by atoms with Gasteiger partial charge in [-0.1, -0.05) is 24.3 Å². The van der Waals surface area contributed by atoms with Crippen LogP contribution in [0.2, 0.25) is 0 Å². The van der Waals surface area contributed by atoms with E-state index in [0.717, 1.165) is 35.9 Å². The van der Waals surface area contributed by atoms with Crippen molar-refractivity contribution in [1.82, 2.24) is 5.32 Å². The molecule has 0 radical (unpaired) electrons. The summed E-state index contributed by atoms with van der Waals surface area (Å²) in [5, 5.41) is 3.32. The topological polar surface area (TPSA) is 39.7 Å². The molecular formula is C17H21NO3. The van der Waals surface area contributed by atoms with Crippen LogP contribution in [0.3, 0.4) is 0 Å². The van der Waals surface area contributed by atoms with E-state index < -0.39 is 0 Å². The predicted octanol–water partition coefficient (Wildman–Crippen LogP) is 3.22. The molecule has 2 rings (SSSR count). The summed E-state index contributed by atoms with van der Waals surface area (Å²) in [6.45, 7) is 2.24. The molecule has 0 atom stereocenters. The molecule has 2 aromatic rings. The first-order valence-corrected chi connectivity index (χ1v) is 6.93. The van der Waals surface area contributed by atoms with Crippen molar-refractivity contribution < 1.29 is 14.2 Å². The van der Waals surface area contributed by atoms with E-state index in [4.69, 9.17) is 14.2 Å². The molecular weight excluding hydrogens is 266 g/mol. The molecule has 21 heavy (non-hydrogen) atoms. The molecule has 0 aliphatic heterocycles. The van der Waals surface area contributed by atoms with Crippen molar-refractivity contribution in [3.05, 3.63) is 54.1 Å². The summed E-state index contributed by atoms with van der Waals surface area (Å²) in [5.41, 5.74) is 1.11. The van der Waals surface area contributed by atoms with Gasteiger partial charge in [0, 0.05) is 31.8 Å². The first-order chi connectivity index (χ1) is 10.3. The Morgan fingerprint density at radius 1 is 0.952 bits per heavy atom. The molecule has 0 saturated heterocycles. The van der Waals surface area contributed by atoms with E-state index in [1.807, 2.05) is 42.5 Å². The van der Waals surface area contributed by atoms with Crippen molar-refractivity contribution in [2.45, 2.75) is 6.54 Å². The highest BCUT2D eigenvalue weighted by atomic mass is 16.5. The van der Waals surface area contributed by atoms with Gasteiger partial charge in [-0.25, -0.2) is 0 Å². The molecule has 0 saturated carbocycles. The van der Waals surface area contributed by atoms with Crippen LogP contribution in [-0.2, 0) is 11.3 Å². The molecule has 2 aromatic carbocycles. The molecule has 4 nitrogen and oxygen atoms in total. The molecule has 0 amide bonds. The second-order valence-corrected chi connectivity index (χ2v) is 4.56. The van der Waals surface area contributed by atoms with Crippen molar-refractivity contribution >= 4 is 0 Å². The van der Waals surface area contributed by atoms with Crippen LogP contribution in [0.4, 0.5) is 0 Å². The zero-order valence-corrected chi connectivity index (χ0v) is 12.5. The minimum atomic E-state index is 0.693. The standard InChI is InChI=1S/C17H21NO3/c1-19-11-10-18-13-14-6-3-4-9-17(14)21-16-8-5-7-15(12-16)20-2/h3-9,12,18H,10-11,13H2,1-2H3. The van der Waals surface area contributed by atoms with Crippen LogP contribution >= 0.6 is 0 Å². The fourth-order valence-electron chi connectivity index (χ4n) is 1.94. The third kappa shape index (κ3) is 4.77. The number of benzene rings is 2. The first kappa shape index (κ1) is 15.4. The second kappa shape index (κ2) is 8.29. The van der Waals surface area contributed by atoms with Crippen LogP contribution in [0.1, 0.15) is 5.56 Å². The summed E-state index contributed by atoms with van der Waals surface area (Å²) in [6, 6.07) is 15.6. The van der Waals surface area contributed by atoms with E-state index in [1.54, 1.807) is 14.2 Å². The minimum Gasteiger partial charge on any atom is -0.497 e. The van der Waals surface area contributed by atoms with Gasteiger partial charge in [-0.15, -0.1) is 0 Å². The van der Waals surface area contributed by atoms with E-state index >= 15 is 0 Å². The lowest BCUT2D eigenvalue weighted by atomic mass is 10.2. The van der Waals surface area contributed by atoms with Crippen molar-refractivity contribution in [3.63, 3.8) is 0 Å². The highest BCUT2D eigenvalue weighted by Crippen LogP contribution is 2.27. The molecule has 112 valence electrons. The van der Waals surface area contributed by atoms with E-state index in [0.29, 0.717) is 6.61 Å². The molecule has 0 bridgehead atoms. The molecule has 0 heterocycles. The Kier molecular flexibility index (Phi) is 6.06. The summed E-state index contributed by atoms with van der Waals surface area (Å²) >= 11 is 0. The number of hydrogen-bond donors (Lipinski definition) is 1. The molecule has 0 fully saturated rings. The monoisotopic (exact) mass is 287 g/mol. The Morgan fingerprint density at radius 2 is 1.76 bits per heavy atom. The Labute approximate surface area is 125 Å². The summed E-state index contributed by atoms with van der Waals surface area (Å²) in [4.78, 5) is 0. The Balaban J connectivity index is 2.05. The zero-order chi connectivity index (χ0) is 14.9. The second-order valence-electron chi connectivity index (χ2n) is 4.56. The predicted molar refractivity (Wildman–Crippen MR) is 83.1 cm³/mol. The van der Waals surface area contributed by atoms with Crippen molar-refractivity contribution in [3.8, 4) is 17.2 Å². The fourth-order valence-corrected chi connectivity index (χ4v) is 1.94. The number of methoxy groups -OCH3 is 2. The molecule has 0 aliphatic rings. The maximum atomic E-state index is 5.96. The molecule has 1 N–H and O–H groups in total. The van der Waals surface area contributed by atoms with Gasteiger partial charge in [-0.2, -0.15) is 0 Å². The Hall–Kier alpha value is -2.04.